The van der Waals surface area contributed by atoms with E-state index in [2.05, 4.69) is 39.2 Å². The molecular weight excluding hydrogens is 532 g/mol. The molecule has 10 nitrogen and oxygen atoms in total. The highest BCUT2D eigenvalue weighted by molar-refractivity contribution is 5.88. The Kier molecular flexibility index (Phi) is 8.63. The van der Waals surface area contributed by atoms with Crippen molar-refractivity contribution in [2.75, 3.05) is 73.4 Å². The van der Waals surface area contributed by atoms with Crippen molar-refractivity contribution in [3.8, 4) is 17.4 Å². The Hall–Kier alpha value is -4.18. The summed E-state index contributed by atoms with van der Waals surface area (Å²) in [6.45, 7) is 11.5. The summed E-state index contributed by atoms with van der Waals surface area (Å²) < 4.78 is 12.2. The Bertz CT molecular complexity index is 1390. The van der Waals surface area contributed by atoms with Gasteiger partial charge in [-0.3, -0.25) is 4.90 Å². The molecule has 0 bridgehead atoms. The summed E-state index contributed by atoms with van der Waals surface area (Å²) in [4.78, 5) is 25.3. The molecule has 1 aromatic heterocycles. The molecule has 2 aliphatic rings. The predicted octanol–water partition coefficient (Wildman–Crippen LogP) is 6.26. The summed E-state index contributed by atoms with van der Waals surface area (Å²) in [5.74, 6) is 2.34. The highest BCUT2D eigenvalue weighted by atomic mass is 16.5. The maximum Gasteiger partial charge on any atom is 0.412 e. The highest BCUT2D eigenvalue weighted by Crippen LogP contribution is 2.38. The van der Waals surface area contributed by atoms with Crippen molar-refractivity contribution >= 4 is 34.7 Å². The van der Waals surface area contributed by atoms with Gasteiger partial charge in [0.2, 0.25) is 5.88 Å². The molecule has 0 aliphatic carbocycles. The van der Waals surface area contributed by atoms with Crippen LogP contribution in [0.25, 0.3) is 0 Å². The number of benzene rings is 2. The van der Waals surface area contributed by atoms with E-state index in [1.807, 2.05) is 45.0 Å². The second kappa shape index (κ2) is 12.4. The van der Waals surface area contributed by atoms with E-state index in [9.17, 15) is 9.90 Å². The predicted molar refractivity (Wildman–Crippen MR) is 168 cm³/mol. The largest absolute Gasteiger partial charge is 0.494 e. The van der Waals surface area contributed by atoms with Gasteiger partial charge in [-0.1, -0.05) is 6.07 Å². The highest BCUT2D eigenvalue weighted by Gasteiger charge is 2.28. The van der Waals surface area contributed by atoms with Crippen LogP contribution in [0, 0.1) is 0 Å². The summed E-state index contributed by atoms with van der Waals surface area (Å²) in [7, 11) is 3.83. The average molecular weight is 575 g/mol. The van der Waals surface area contributed by atoms with E-state index in [0.717, 1.165) is 74.9 Å². The van der Waals surface area contributed by atoms with Crippen LogP contribution in [0.2, 0.25) is 0 Å². The van der Waals surface area contributed by atoms with Crippen LogP contribution in [0.1, 0.15) is 33.6 Å². The van der Waals surface area contributed by atoms with Crippen LogP contribution < -0.4 is 29.5 Å². The number of aromatic nitrogens is 1. The van der Waals surface area contributed by atoms with Crippen molar-refractivity contribution in [3.63, 3.8) is 0 Å². The second-order valence-electron chi connectivity index (χ2n) is 11.9. The van der Waals surface area contributed by atoms with Gasteiger partial charge in [0.25, 0.3) is 0 Å². The Labute approximate surface area is 248 Å². The van der Waals surface area contributed by atoms with E-state index in [1.165, 1.54) is 4.90 Å². The minimum atomic E-state index is -1.02. The molecule has 1 amide bonds. The van der Waals surface area contributed by atoms with Crippen molar-refractivity contribution in [1.82, 2.24) is 9.88 Å². The minimum Gasteiger partial charge on any atom is -0.494 e. The lowest BCUT2D eigenvalue weighted by molar-refractivity contribution is 0.195. The van der Waals surface area contributed by atoms with Gasteiger partial charge < -0.3 is 34.6 Å². The van der Waals surface area contributed by atoms with E-state index in [0.29, 0.717) is 23.1 Å². The Morgan fingerprint density at radius 1 is 0.952 bits per heavy atom. The standard InChI is InChI=1S/C32H42N6O4/c1-32(2,3)38(31(39)40)24-9-8-10-25(21-24)42-30-27(37-15-6-7-16-37)13-14-29(34-30)33-26-12-11-23(22-28(26)41-5)36-19-17-35(4)18-20-36/h8-14,21-22H,6-7,15-20H2,1-5H3,(H,33,34)(H,39,40). The first kappa shape index (κ1) is 29.3. The molecule has 0 saturated carbocycles. The number of methoxy groups -OCH3 is 1. The Morgan fingerprint density at radius 2 is 1.69 bits per heavy atom. The molecule has 2 saturated heterocycles. The van der Waals surface area contributed by atoms with Gasteiger partial charge >= 0.3 is 6.09 Å². The summed E-state index contributed by atoms with van der Waals surface area (Å²) in [6, 6.07) is 17.3. The molecule has 0 radical (unpaired) electrons. The minimum absolute atomic E-state index is 0.463. The fraction of sp³-hybridized carbons (Fsp3) is 0.438. The van der Waals surface area contributed by atoms with Gasteiger partial charge in [-0.2, -0.15) is 4.98 Å². The van der Waals surface area contributed by atoms with Crippen LogP contribution in [-0.2, 0) is 0 Å². The van der Waals surface area contributed by atoms with Crippen molar-refractivity contribution in [1.29, 1.82) is 0 Å². The van der Waals surface area contributed by atoms with E-state index in [-0.39, 0.29) is 0 Å². The summed E-state index contributed by atoms with van der Waals surface area (Å²) in [6.07, 6.45) is 1.21. The molecule has 0 atom stereocenters. The maximum atomic E-state index is 12.1. The van der Waals surface area contributed by atoms with Crippen LogP contribution in [-0.4, -0.2) is 80.0 Å². The normalized spacial score (nSPS) is 15.9. The molecule has 10 heteroatoms. The number of likely N-dealkylation sites (N-methyl/N-ethyl adjacent to an activating group) is 1. The average Bonchev–Trinajstić information content (AvgIpc) is 3.48. The number of anilines is 5. The van der Waals surface area contributed by atoms with Crippen LogP contribution in [0.15, 0.2) is 54.6 Å². The smallest absolute Gasteiger partial charge is 0.412 e. The van der Waals surface area contributed by atoms with Gasteiger partial charge in [0.05, 0.1) is 18.5 Å². The third-order valence-electron chi connectivity index (χ3n) is 7.76. The molecule has 3 aromatic rings. The molecule has 5 rings (SSSR count). The first-order valence-corrected chi connectivity index (χ1v) is 14.6. The number of hydrogen-bond donors (Lipinski definition) is 2. The molecule has 3 heterocycles. The zero-order chi connectivity index (χ0) is 29.9. The molecule has 0 unspecified atom stereocenters. The number of hydrogen-bond acceptors (Lipinski definition) is 8. The van der Waals surface area contributed by atoms with Crippen molar-refractivity contribution in [2.45, 2.75) is 39.2 Å². The molecule has 2 aromatic carbocycles. The summed E-state index contributed by atoms with van der Waals surface area (Å²) >= 11 is 0. The number of piperazine rings is 1. The van der Waals surface area contributed by atoms with E-state index in [1.54, 1.807) is 25.3 Å². The number of rotatable bonds is 8. The number of nitrogens with one attached hydrogen (secondary N) is 1. The molecular formula is C32H42N6O4. The van der Waals surface area contributed by atoms with Gasteiger partial charge in [-0.05, 0) is 77.1 Å². The topological polar surface area (TPSA) is 93.6 Å². The third-order valence-corrected chi connectivity index (χ3v) is 7.76. The van der Waals surface area contributed by atoms with E-state index in [4.69, 9.17) is 14.5 Å². The zero-order valence-corrected chi connectivity index (χ0v) is 25.3. The molecule has 42 heavy (non-hydrogen) atoms. The van der Waals surface area contributed by atoms with E-state index >= 15 is 0 Å². The lowest BCUT2D eigenvalue weighted by Gasteiger charge is -2.34. The zero-order valence-electron chi connectivity index (χ0n) is 25.3. The Morgan fingerprint density at radius 3 is 2.36 bits per heavy atom. The van der Waals surface area contributed by atoms with Gasteiger partial charge in [-0.25, -0.2) is 4.79 Å². The second-order valence-corrected chi connectivity index (χ2v) is 11.9. The Balaban J connectivity index is 1.43. The third kappa shape index (κ3) is 6.65. The lowest BCUT2D eigenvalue weighted by atomic mass is 10.1. The maximum absolute atomic E-state index is 12.1. The van der Waals surface area contributed by atoms with Crippen LogP contribution in [0.5, 0.6) is 17.4 Å². The van der Waals surface area contributed by atoms with Crippen molar-refractivity contribution in [3.05, 3.63) is 54.6 Å². The molecule has 0 spiro atoms. The fourth-order valence-corrected chi connectivity index (χ4v) is 5.54. The molecule has 2 fully saturated rings. The molecule has 2 aliphatic heterocycles. The summed E-state index contributed by atoms with van der Waals surface area (Å²) in [5, 5.41) is 13.3. The number of nitrogens with zero attached hydrogens (tertiary/aromatic N) is 5. The quantitative estimate of drug-likeness (QED) is 0.323. The van der Waals surface area contributed by atoms with Crippen molar-refractivity contribution in [2.24, 2.45) is 0 Å². The first-order chi connectivity index (χ1) is 20.1. The van der Waals surface area contributed by atoms with Crippen LogP contribution in [0.4, 0.5) is 33.4 Å². The van der Waals surface area contributed by atoms with Gasteiger partial charge in [0.1, 0.15) is 23.0 Å². The van der Waals surface area contributed by atoms with E-state index < -0.39 is 11.6 Å². The van der Waals surface area contributed by atoms with Gasteiger partial charge in [-0.15, -0.1) is 0 Å². The molecule has 224 valence electrons. The lowest BCUT2D eigenvalue weighted by Crippen LogP contribution is -2.45. The van der Waals surface area contributed by atoms with Gasteiger partial charge in [0.15, 0.2) is 0 Å². The number of carboxylic acid groups (broad SMARTS) is 1. The SMILES string of the molecule is COc1cc(N2CCN(C)CC2)ccc1Nc1ccc(N2CCCC2)c(Oc2cccc(N(C(=O)O)C(C)(C)C)c2)n1. The fourth-order valence-electron chi connectivity index (χ4n) is 5.54. The first-order valence-electron chi connectivity index (χ1n) is 14.6. The number of amides is 1. The van der Waals surface area contributed by atoms with Crippen LogP contribution >= 0.6 is 0 Å². The number of carbonyl (C=O) groups is 1. The van der Waals surface area contributed by atoms with Crippen LogP contribution in [0.3, 0.4) is 0 Å². The van der Waals surface area contributed by atoms with Crippen molar-refractivity contribution < 1.29 is 19.4 Å². The monoisotopic (exact) mass is 574 g/mol. The number of ether oxygens (including phenoxy) is 2. The molecule has 2 N–H and O–H groups in total. The van der Waals surface area contributed by atoms with Gasteiger partial charge in [0, 0.05) is 62.6 Å². The number of pyridine rings is 1. The summed E-state index contributed by atoms with van der Waals surface area (Å²) in [5.41, 5.74) is 2.78.